The van der Waals surface area contributed by atoms with Gasteiger partial charge in [-0.1, -0.05) is 6.42 Å². The molecule has 0 aliphatic carbocycles. The van der Waals surface area contributed by atoms with Crippen molar-refractivity contribution in [2.24, 2.45) is 5.92 Å². The van der Waals surface area contributed by atoms with Crippen LogP contribution in [0.4, 0.5) is 4.39 Å². The lowest BCUT2D eigenvalue weighted by Gasteiger charge is -2.39. The van der Waals surface area contributed by atoms with Crippen molar-refractivity contribution in [3.63, 3.8) is 0 Å². The van der Waals surface area contributed by atoms with E-state index in [0.29, 0.717) is 17.7 Å². The van der Waals surface area contributed by atoms with Gasteiger partial charge in [-0.3, -0.25) is 9.69 Å². The molecule has 1 fully saturated rings. The van der Waals surface area contributed by atoms with Crippen LogP contribution in [0, 0.1) is 11.7 Å². The van der Waals surface area contributed by atoms with Gasteiger partial charge in [0.15, 0.2) is 6.61 Å². The smallest absolute Gasteiger partial charge is 0.258 e. The predicted molar refractivity (Wildman–Crippen MR) is 117 cm³/mol. The number of hydrogen-bond acceptors (Lipinski definition) is 4. The Kier molecular flexibility index (Phi) is 6.90. The summed E-state index contributed by atoms with van der Waals surface area (Å²) in [6, 6.07) is 5.11. The fourth-order valence-electron chi connectivity index (χ4n) is 4.87. The van der Waals surface area contributed by atoms with E-state index < -0.39 is 0 Å². The number of ether oxygens (including phenoxy) is 1. The number of carbonyl (C=O) groups is 1. The normalized spacial score (nSPS) is 23.2. The Bertz CT molecular complexity index is 897. The number of amides is 1. The number of halogens is 1. The number of rotatable bonds is 3. The number of likely N-dealkylation sites (tertiary alicyclic amines) is 1. The highest BCUT2D eigenvalue weighted by atomic mass is 19.1. The molecule has 0 spiro atoms. The number of hydrogen-bond donors (Lipinski definition) is 1. The van der Waals surface area contributed by atoms with Crippen LogP contribution in [0.3, 0.4) is 0 Å². The first-order valence-corrected chi connectivity index (χ1v) is 11.4. The van der Waals surface area contributed by atoms with Gasteiger partial charge in [-0.15, -0.1) is 0 Å². The minimum atomic E-state index is -0.262. The van der Waals surface area contributed by atoms with Gasteiger partial charge in [-0.25, -0.2) is 9.37 Å². The molecule has 168 valence electrons. The van der Waals surface area contributed by atoms with E-state index in [2.05, 4.69) is 33.6 Å². The van der Waals surface area contributed by atoms with Crippen LogP contribution >= 0.6 is 0 Å². The van der Waals surface area contributed by atoms with Crippen LogP contribution in [-0.2, 0) is 17.8 Å². The zero-order valence-electron chi connectivity index (χ0n) is 18.5. The van der Waals surface area contributed by atoms with Crippen LogP contribution in [0.15, 0.2) is 30.6 Å². The summed E-state index contributed by atoms with van der Waals surface area (Å²) in [4.78, 5) is 19.6. The third-order valence-corrected chi connectivity index (χ3v) is 6.49. The van der Waals surface area contributed by atoms with Crippen LogP contribution in [0.2, 0.25) is 0 Å². The first-order valence-electron chi connectivity index (χ1n) is 11.4. The highest BCUT2D eigenvalue weighted by Crippen LogP contribution is 2.27. The molecule has 1 N–H and O–H groups in total. The molecule has 0 bridgehead atoms. The summed E-state index contributed by atoms with van der Waals surface area (Å²) in [5.41, 5.74) is 0.843. The Morgan fingerprint density at radius 2 is 2.16 bits per heavy atom. The number of fused-ring (bicyclic) bond motifs is 2. The van der Waals surface area contributed by atoms with Gasteiger partial charge in [0, 0.05) is 37.6 Å². The molecule has 3 heterocycles. The van der Waals surface area contributed by atoms with Gasteiger partial charge < -0.3 is 14.6 Å². The van der Waals surface area contributed by atoms with Gasteiger partial charge in [0.2, 0.25) is 0 Å². The number of nitrogens with one attached hydrogen (secondary N) is 1. The van der Waals surface area contributed by atoms with E-state index in [0.717, 1.165) is 63.1 Å². The largest absolute Gasteiger partial charge is 0.483 e. The summed E-state index contributed by atoms with van der Waals surface area (Å²) in [6.45, 7) is 7.03. The van der Waals surface area contributed by atoms with Crippen molar-refractivity contribution < 1.29 is 13.9 Å². The van der Waals surface area contributed by atoms with Crippen molar-refractivity contribution in [3.05, 3.63) is 47.8 Å². The SMILES string of the molecule is CC(C)n1ccnc1CN1CC[C@@H]2NC(=O)COc3ccc(F)cc3CCCC[C@@H]2C1. The summed E-state index contributed by atoms with van der Waals surface area (Å²) in [5, 5.41) is 3.20. The number of benzene rings is 1. The predicted octanol–water partition coefficient (Wildman–Crippen LogP) is 3.72. The zero-order valence-corrected chi connectivity index (χ0v) is 18.5. The van der Waals surface area contributed by atoms with Crippen molar-refractivity contribution in [1.29, 1.82) is 0 Å². The second-order valence-corrected chi connectivity index (χ2v) is 9.09. The summed E-state index contributed by atoms with van der Waals surface area (Å²) >= 11 is 0. The van der Waals surface area contributed by atoms with Crippen molar-refractivity contribution in [2.75, 3.05) is 19.7 Å². The molecule has 1 saturated heterocycles. The van der Waals surface area contributed by atoms with Gasteiger partial charge in [-0.2, -0.15) is 0 Å². The Morgan fingerprint density at radius 1 is 1.29 bits per heavy atom. The average Bonchev–Trinajstić information content (AvgIpc) is 3.20. The first-order chi connectivity index (χ1) is 15.0. The molecule has 7 heteroatoms. The molecule has 4 rings (SSSR count). The van der Waals surface area contributed by atoms with Crippen molar-refractivity contribution in [2.45, 2.75) is 64.6 Å². The van der Waals surface area contributed by atoms with Crippen LogP contribution in [-0.4, -0.2) is 46.1 Å². The lowest BCUT2D eigenvalue weighted by atomic mass is 9.87. The standard InChI is InChI=1S/C24H33FN4O2/c1-17(2)29-12-10-26-23(29)15-28-11-9-21-19(14-28)6-4-3-5-18-13-20(25)7-8-22(18)31-16-24(30)27-21/h7-8,10,12-13,17,19,21H,3-6,9,11,14-16H2,1-2H3,(H,27,30)/t19-,21+/m1/s1. The van der Waals surface area contributed by atoms with E-state index in [9.17, 15) is 9.18 Å². The van der Waals surface area contributed by atoms with E-state index in [1.807, 2.05) is 12.4 Å². The maximum absolute atomic E-state index is 13.7. The van der Waals surface area contributed by atoms with Crippen LogP contribution in [0.1, 0.15) is 57.0 Å². The number of carbonyl (C=O) groups excluding carboxylic acids is 1. The quantitative estimate of drug-likeness (QED) is 0.810. The second kappa shape index (κ2) is 9.81. The molecule has 0 radical (unpaired) electrons. The molecule has 0 saturated carbocycles. The Morgan fingerprint density at radius 3 is 3.00 bits per heavy atom. The molecule has 1 aromatic heterocycles. The van der Waals surface area contributed by atoms with Gasteiger partial charge in [0.1, 0.15) is 17.4 Å². The molecule has 2 aromatic rings. The van der Waals surface area contributed by atoms with Gasteiger partial charge in [-0.05, 0) is 69.2 Å². The Labute approximate surface area is 183 Å². The molecule has 0 unspecified atom stereocenters. The van der Waals surface area contributed by atoms with Gasteiger partial charge in [0.05, 0.1) is 6.54 Å². The molecule has 31 heavy (non-hydrogen) atoms. The maximum Gasteiger partial charge on any atom is 0.258 e. The van der Waals surface area contributed by atoms with Crippen molar-refractivity contribution in [3.8, 4) is 5.75 Å². The number of aromatic nitrogens is 2. The summed E-state index contributed by atoms with van der Waals surface area (Å²) in [7, 11) is 0. The zero-order chi connectivity index (χ0) is 21.8. The Hall–Kier alpha value is -2.41. The van der Waals surface area contributed by atoms with Crippen LogP contribution in [0.25, 0.3) is 0 Å². The van der Waals surface area contributed by atoms with E-state index in [-0.39, 0.29) is 24.4 Å². The molecule has 1 amide bonds. The van der Waals surface area contributed by atoms with E-state index in [1.165, 1.54) is 12.1 Å². The molecule has 1 aromatic carbocycles. The number of aryl methyl sites for hydroxylation is 1. The highest BCUT2D eigenvalue weighted by molar-refractivity contribution is 5.78. The summed E-state index contributed by atoms with van der Waals surface area (Å²) < 4.78 is 21.6. The van der Waals surface area contributed by atoms with Crippen molar-refractivity contribution in [1.82, 2.24) is 19.8 Å². The molecule has 2 atom stereocenters. The van der Waals surface area contributed by atoms with Gasteiger partial charge >= 0.3 is 0 Å². The highest BCUT2D eigenvalue weighted by Gasteiger charge is 2.31. The molecule has 2 aliphatic heterocycles. The molecule has 2 aliphatic rings. The number of nitrogens with zero attached hydrogens (tertiary/aromatic N) is 3. The molecule has 6 nitrogen and oxygen atoms in total. The number of imidazole rings is 1. The van der Waals surface area contributed by atoms with E-state index in [1.54, 1.807) is 6.07 Å². The van der Waals surface area contributed by atoms with Crippen molar-refractivity contribution >= 4 is 5.91 Å². The molecular formula is C24H33FN4O2. The first kappa shape index (κ1) is 21.8. The third kappa shape index (κ3) is 5.45. The van der Waals surface area contributed by atoms with E-state index in [4.69, 9.17) is 4.74 Å². The Balaban J connectivity index is 1.43. The third-order valence-electron chi connectivity index (χ3n) is 6.49. The summed E-state index contributed by atoms with van der Waals surface area (Å²) in [6.07, 6.45) is 8.69. The van der Waals surface area contributed by atoms with E-state index >= 15 is 0 Å². The maximum atomic E-state index is 13.7. The molecular weight excluding hydrogens is 395 g/mol. The lowest BCUT2D eigenvalue weighted by Crippen LogP contribution is -2.51. The lowest BCUT2D eigenvalue weighted by molar-refractivity contribution is -0.124. The number of piperidine rings is 1. The summed E-state index contributed by atoms with van der Waals surface area (Å²) in [5.74, 6) is 1.74. The van der Waals surface area contributed by atoms with Crippen LogP contribution < -0.4 is 10.1 Å². The van der Waals surface area contributed by atoms with Gasteiger partial charge in [0.25, 0.3) is 5.91 Å². The minimum Gasteiger partial charge on any atom is -0.483 e. The fraction of sp³-hybridized carbons (Fsp3) is 0.583. The second-order valence-electron chi connectivity index (χ2n) is 9.09. The van der Waals surface area contributed by atoms with Crippen LogP contribution in [0.5, 0.6) is 5.75 Å². The topological polar surface area (TPSA) is 59.4 Å². The minimum absolute atomic E-state index is 0.0304. The monoisotopic (exact) mass is 428 g/mol. The fourth-order valence-corrected chi connectivity index (χ4v) is 4.87. The average molecular weight is 429 g/mol.